The summed E-state index contributed by atoms with van der Waals surface area (Å²) >= 11 is 0. The van der Waals surface area contributed by atoms with Gasteiger partial charge in [-0.25, -0.2) is 4.79 Å². The van der Waals surface area contributed by atoms with Gasteiger partial charge < -0.3 is 19.5 Å². The molecule has 1 N–H and O–H groups in total. The van der Waals surface area contributed by atoms with Crippen molar-refractivity contribution in [3.63, 3.8) is 0 Å². The average Bonchev–Trinajstić information content (AvgIpc) is 2.59. The van der Waals surface area contributed by atoms with Crippen molar-refractivity contribution in [1.82, 2.24) is 0 Å². The summed E-state index contributed by atoms with van der Waals surface area (Å²) < 4.78 is 16.1. The number of carbonyl (C=O) groups excluding carboxylic acids is 2. The van der Waals surface area contributed by atoms with E-state index in [1.165, 1.54) is 7.11 Å². The van der Waals surface area contributed by atoms with Crippen LogP contribution in [-0.2, 0) is 14.3 Å². The molecule has 1 atom stereocenters. The maximum atomic E-state index is 12.9. The lowest BCUT2D eigenvalue weighted by molar-refractivity contribution is -0.141. The summed E-state index contributed by atoms with van der Waals surface area (Å²) in [4.78, 5) is 25.0. The number of rotatable bonds is 10. The van der Waals surface area contributed by atoms with E-state index in [-0.39, 0.29) is 18.1 Å². The fourth-order valence-electron chi connectivity index (χ4n) is 2.74. The van der Waals surface area contributed by atoms with Gasteiger partial charge in [-0.3, -0.25) is 4.79 Å². The molecule has 0 fully saturated rings. The number of amides is 1. The molecule has 1 aromatic rings. The van der Waals surface area contributed by atoms with Gasteiger partial charge in [0.2, 0.25) is 0 Å². The van der Waals surface area contributed by atoms with Crippen molar-refractivity contribution in [3.05, 3.63) is 23.8 Å². The van der Waals surface area contributed by atoms with E-state index in [1.807, 2.05) is 20.8 Å². The van der Waals surface area contributed by atoms with E-state index in [4.69, 9.17) is 14.2 Å². The first-order valence-electron chi connectivity index (χ1n) is 9.07. The van der Waals surface area contributed by atoms with E-state index in [1.54, 1.807) is 32.0 Å². The third-order valence-electron chi connectivity index (χ3n) is 3.86. The summed E-state index contributed by atoms with van der Waals surface area (Å²) in [6.45, 7) is 10.4. The number of benzene rings is 1. The van der Waals surface area contributed by atoms with Crippen LogP contribution in [0.2, 0.25) is 0 Å². The van der Waals surface area contributed by atoms with Gasteiger partial charge in [0.05, 0.1) is 13.7 Å². The molecule has 1 aromatic carbocycles. The summed E-state index contributed by atoms with van der Waals surface area (Å²) in [7, 11) is 1.48. The normalized spacial score (nSPS) is 13.2. The van der Waals surface area contributed by atoms with Gasteiger partial charge in [-0.1, -0.05) is 20.8 Å². The maximum absolute atomic E-state index is 12.9. The molecule has 0 aliphatic carbocycles. The zero-order valence-corrected chi connectivity index (χ0v) is 16.7. The number of esters is 1. The quantitative estimate of drug-likeness (QED) is 0.633. The second kappa shape index (κ2) is 10.2. The second-order valence-corrected chi connectivity index (χ2v) is 6.77. The molecule has 146 valence electrons. The third-order valence-corrected chi connectivity index (χ3v) is 3.86. The number of hydrogen-bond acceptors (Lipinski definition) is 5. The highest BCUT2D eigenvalue weighted by Crippen LogP contribution is 2.27. The number of ether oxygens (including phenoxy) is 3. The molecule has 0 bridgehead atoms. The van der Waals surface area contributed by atoms with Gasteiger partial charge in [0.15, 0.2) is 0 Å². The summed E-state index contributed by atoms with van der Waals surface area (Å²) in [5.41, 5.74) is -0.171. The maximum Gasteiger partial charge on any atom is 0.341 e. The number of methoxy groups -OCH3 is 1. The molecule has 0 aliphatic rings. The molecule has 1 amide bonds. The molecule has 26 heavy (non-hydrogen) atoms. The Hall–Kier alpha value is -2.08. The first kappa shape index (κ1) is 22.0. The van der Waals surface area contributed by atoms with E-state index >= 15 is 0 Å². The Morgan fingerprint density at radius 2 is 1.92 bits per heavy atom. The molecule has 0 heterocycles. The lowest BCUT2D eigenvalue weighted by Gasteiger charge is -2.30. The van der Waals surface area contributed by atoms with Crippen LogP contribution in [0.4, 0.5) is 5.69 Å². The predicted octanol–water partition coefficient (Wildman–Crippen LogP) is 4.04. The van der Waals surface area contributed by atoms with Crippen molar-refractivity contribution in [2.45, 2.75) is 53.1 Å². The van der Waals surface area contributed by atoms with Gasteiger partial charge in [-0.05, 0) is 50.8 Å². The lowest BCUT2D eigenvalue weighted by Crippen LogP contribution is -2.44. The predicted molar refractivity (Wildman–Crippen MR) is 102 cm³/mol. The standard InChI is InChI=1S/C20H31NO5/c1-7-11-26-20(5,13-14(3)4)19(23)21-15-9-10-17(24-6)16(12-15)18(22)25-8-2/h9-10,12,14H,7-8,11,13H2,1-6H3,(H,21,23). The van der Waals surface area contributed by atoms with Crippen LogP contribution in [0, 0.1) is 5.92 Å². The molecule has 0 radical (unpaired) electrons. The van der Waals surface area contributed by atoms with Gasteiger partial charge >= 0.3 is 5.97 Å². The molecule has 0 aliphatic heterocycles. The van der Waals surface area contributed by atoms with E-state index in [0.717, 1.165) is 6.42 Å². The van der Waals surface area contributed by atoms with Crippen molar-refractivity contribution in [2.24, 2.45) is 5.92 Å². The Morgan fingerprint density at radius 3 is 2.46 bits per heavy atom. The average molecular weight is 365 g/mol. The van der Waals surface area contributed by atoms with Crippen LogP contribution in [0.25, 0.3) is 0 Å². The molecule has 1 rings (SSSR count). The zero-order valence-electron chi connectivity index (χ0n) is 16.7. The van der Waals surface area contributed by atoms with Crippen molar-refractivity contribution in [3.8, 4) is 5.75 Å². The number of carbonyl (C=O) groups is 2. The minimum atomic E-state index is -0.936. The Labute approximate surface area is 156 Å². The first-order chi connectivity index (χ1) is 12.3. The van der Waals surface area contributed by atoms with E-state index in [9.17, 15) is 9.59 Å². The Bertz CT molecular complexity index is 614. The van der Waals surface area contributed by atoms with Crippen molar-refractivity contribution < 1.29 is 23.8 Å². The van der Waals surface area contributed by atoms with Crippen LogP contribution in [0.1, 0.15) is 57.8 Å². The van der Waals surface area contributed by atoms with E-state index in [0.29, 0.717) is 30.4 Å². The monoisotopic (exact) mass is 365 g/mol. The molecular formula is C20H31NO5. The third kappa shape index (κ3) is 6.02. The Morgan fingerprint density at radius 1 is 1.23 bits per heavy atom. The van der Waals surface area contributed by atoms with Crippen LogP contribution < -0.4 is 10.1 Å². The fraction of sp³-hybridized carbons (Fsp3) is 0.600. The summed E-state index contributed by atoms with van der Waals surface area (Å²) in [6, 6.07) is 4.88. The second-order valence-electron chi connectivity index (χ2n) is 6.77. The molecule has 0 saturated carbocycles. The molecule has 0 spiro atoms. The zero-order chi connectivity index (χ0) is 19.7. The van der Waals surface area contributed by atoms with Crippen LogP contribution in [0.3, 0.4) is 0 Å². The minimum absolute atomic E-state index is 0.236. The van der Waals surface area contributed by atoms with Gasteiger partial charge in [0.1, 0.15) is 16.9 Å². The molecule has 0 saturated heterocycles. The highest BCUT2D eigenvalue weighted by atomic mass is 16.5. The summed E-state index contributed by atoms with van der Waals surface area (Å²) in [6.07, 6.45) is 1.43. The SMILES string of the molecule is CCCOC(C)(CC(C)C)C(=O)Nc1ccc(OC)c(C(=O)OCC)c1. The first-order valence-corrected chi connectivity index (χ1v) is 9.07. The number of nitrogens with one attached hydrogen (secondary N) is 1. The molecule has 1 unspecified atom stereocenters. The summed E-state index contributed by atoms with van der Waals surface area (Å²) in [5.74, 6) is -0.0329. The van der Waals surface area contributed by atoms with Gasteiger partial charge in [-0.15, -0.1) is 0 Å². The molecule has 0 aromatic heterocycles. The minimum Gasteiger partial charge on any atom is -0.496 e. The van der Waals surface area contributed by atoms with Gasteiger partial charge in [-0.2, -0.15) is 0 Å². The van der Waals surface area contributed by atoms with E-state index < -0.39 is 11.6 Å². The van der Waals surface area contributed by atoms with Crippen LogP contribution >= 0.6 is 0 Å². The Balaban J connectivity index is 3.05. The molecule has 6 heteroatoms. The number of hydrogen-bond donors (Lipinski definition) is 1. The Kier molecular flexibility index (Phi) is 8.58. The highest BCUT2D eigenvalue weighted by molar-refractivity contribution is 5.99. The largest absolute Gasteiger partial charge is 0.496 e. The lowest BCUT2D eigenvalue weighted by atomic mass is 9.93. The van der Waals surface area contributed by atoms with Crippen LogP contribution in [0.5, 0.6) is 5.75 Å². The molecule has 6 nitrogen and oxygen atoms in total. The van der Waals surface area contributed by atoms with Gasteiger partial charge in [0, 0.05) is 12.3 Å². The fourth-order valence-corrected chi connectivity index (χ4v) is 2.74. The topological polar surface area (TPSA) is 73.9 Å². The smallest absolute Gasteiger partial charge is 0.341 e. The molecular weight excluding hydrogens is 334 g/mol. The summed E-state index contributed by atoms with van der Waals surface area (Å²) in [5, 5.41) is 2.86. The van der Waals surface area contributed by atoms with Crippen LogP contribution in [0.15, 0.2) is 18.2 Å². The van der Waals surface area contributed by atoms with Gasteiger partial charge in [0.25, 0.3) is 5.91 Å². The number of anilines is 1. The highest BCUT2D eigenvalue weighted by Gasteiger charge is 2.35. The van der Waals surface area contributed by atoms with E-state index in [2.05, 4.69) is 5.32 Å². The van der Waals surface area contributed by atoms with Crippen molar-refractivity contribution in [1.29, 1.82) is 0 Å². The van der Waals surface area contributed by atoms with Crippen molar-refractivity contribution in [2.75, 3.05) is 25.6 Å². The van der Waals surface area contributed by atoms with Crippen LogP contribution in [-0.4, -0.2) is 37.8 Å². The van der Waals surface area contributed by atoms with Crippen molar-refractivity contribution >= 4 is 17.6 Å².